The van der Waals surface area contributed by atoms with Gasteiger partial charge in [-0.3, -0.25) is 19.8 Å². The number of benzene rings is 2. The number of carbonyl (C=O) groups is 2. The maximum absolute atomic E-state index is 13.0. The van der Waals surface area contributed by atoms with Crippen molar-refractivity contribution in [1.82, 2.24) is 10.3 Å². The third-order valence-electron chi connectivity index (χ3n) is 4.46. The average molecular weight is 461 g/mol. The van der Waals surface area contributed by atoms with E-state index < -0.39 is 11.8 Å². The molecule has 3 aromatic rings. The Balaban J connectivity index is 1.55. The number of hydrogen-bond acceptors (Lipinski definition) is 6. The summed E-state index contributed by atoms with van der Waals surface area (Å²) in [6.07, 6.45) is 2.91. The molecular weight excluding hydrogens is 448 g/mol. The topological polar surface area (TPSA) is 95.3 Å². The molecule has 2 aromatic carbocycles. The van der Waals surface area contributed by atoms with Crippen LogP contribution >= 0.6 is 23.8 Å². The second kappa shape index (κ2) is 8.98. The molecule has 9 heteroatoms. The number of amides is 2. The van der Waals surface area contributed by atoms with Crippen molar-refractivity contribution in [1.29, 1.82) is 5.26 Å². The first kappa shape index (κ1) is 21.2. The van der Waals surface area contributed by atoms with Gasteiger partial charge in [0.2, 0.25) is 5.88 Å². The Bertz CT molecular complexity index is 1280. The highest BCUT2D eigenvalue weighted by Gasteiger charge is 2.34. The largest absolute Gasteiger partial charge is 0.439 e. The zero-order valence-corrected chi connectivity index (χ0v) is 17.9. The highest BCUT2D eigenvalue weighted by atomic mass is 35.5. The monoisotopic (exact) mass is 460 g/mol. The first-order chi connectivity index (χ1) is 15.4. The summed E-state index contributed by atoms with van der Waals surface area (Å²) in [4.78, 5) is 30.8. The fraction of sp³-hybridized carbons (Fsp3) is 0. The lowest BCUT2D eigenvalue weighted by molar-refractivity contribution is -0.122. The molecule has 0 atom stereocenters. The zero-order chi connectivity index (χ0) is 22.7. The molecule has 2 heterocycles. The van der Waals surface area contributed by atoms with Crippen LogP contribution in [-0.2, 0) is 9.59 Å². The number of rotatable bonds is 4. The number of nitrogens with zero attached hydrogens (tertiary/aromatic N) is 3. The Hall–Kier alpha value is -4.06. The summed E-state index contributed by atoms with van der Waals surface area (Å²) >= 11 is 11.1. The van der Waals surface area contributed by atoms with Crippen molar-refractivity contribution < 1.29 is 14.3 Å². The lowest BCUT2D eigenvalue weighted by Gasteiger charge is -2.28. The molecule has 1 aliphatic rings. The van der Waals surface area contributed by atoms with Crippen LogP contribution in [0.2, 0.25) is 5.02 Å². The summed E-state index contributed by atoms with van der Waals surface area (Å²) in [5.41, 5.74) is 1.45. The lowest BCUT2D eigenvalue weighted by atomic mass is 10.1. The number of pyridine rings is 1. The van der Waals surface area contributed by atoms with Gasteiger partial charge in [0.05, 0.1) is 17.3 Å². The number of nitriles is 1. The molecule has 156 valence electrons. The van der Waals surface area contributed by atoms with E-state index in [-0.39, 0.29) is 10.7 Å². The van der Waals surface area contributed by atoms with Crippen LogP contribution in [0.3, 0.4) is 0 Å². The fourth-order valence-electron chi connectivity index (χ4n) is 2.90. The van der Waals surface area contributed by atoms with Crippen molar-refractivity contribution in [3.8, 4) is 17.7 Å². The van der Waals surface area contributed by atoms with E-state index in [2.05, 4.69) is 10.3 Å². The van der Waals surface area contributed by atoms with E-state index in [1.165, 1.54) is 17.2 Å². The minimum absolute atomic E-state index is 0.0104. The number of carbonyl (C=O) groups excluding carboxylic acids is 2. The highest BCUT2D eigenvalue weighted by molar-refractivity contribution is 7.80. The summed E-state index contributed by atoms with van der Waals surface area (Å²) in [6.45, 7) is 0. The molecular formula is C23H13ClN4O3S. The minimum atomic E-state index is -0.594. The number of hydrogen-bond donors (Lipinski definition) is 1. The van der Waals surface area contributed by atoms with E-state index in [0.717, 1.165) is 0 Å². The number of thiocarbonyl (C=S) groups is 1. The van der Waals surface area contributed by atoms with Gasteiger partial charge in [-0.25, -0.2) is 4.98 Å². The van der Waals surface area contributed by atoms with Crippen LogP contribution in [0.5, 0.6) is 11.6 Å². The number of nitrogens with one attached hydrogen (secondary N) is 1. The number of ether oxygens (including phenoxy) is 1. The van der Waals surface area contributed by atoms with Crippen LogP contribution < -0.4 is 15.0 Å². The van der Waals surface area contributed by atoms with Crippen LogP contribution in [0.1, 0.15) is 11.1 Å². The number of aromatic nitrogens is 1. The van der Waals surface area contributed by atoms with Crippen LogP contribution in [0, 0.1) is 11.3 Å². The summed E-state index contributed by atoms with van der Waals surface area (Å²) < 4.78 is 5.64. The molecule has 2 amide bonds. The molecule has 32 heavy (non-hydrogen) atoms. The standard InChI is InChI=1S/C23H13ClN4O3S/c24-16-4-6-17(7-5-16)28-22(30)19(21(29)27-23(28)32)11-15-3-10-20(26-13-15)31-18-8-1-14(12-25)2-9-18/h1-11,13H,(H,27,29,32)/b19-11+. The molecule has 0 saturated carbocycles. The maximum Gasteiger partial charge on any atom is 0.270 e. The van der Waals surface area contributed by atoms with Crippen LogP contribution in [0.15, 0.2) is 72.4 Å². The van der Waals surface area contributed by atoms with Gasteiger partial charge >= 0.3 is 0 Å². The van der Waals surface area contributed by atoms with E-state index in [9.17, 15) is 9.59 Å². The Morgan fingerprint density at radius 3 is 2.41 bits per heavy atom. The SMILES string of the molecule is N#Cc1ccc(Oc2ccc(/C=C3\C(=O)NC(=S)N(c4ccc(Cl)cc4)C3=O)cn2)cc1. The second-order valence-corrected chi connectivity index (χ2v) is 7.43. The minimum Gasteiger partial charge on any atom is -0.439 e. The van der Waals surface area contributed by atoms with Gasteiger partial charge in [-0.2, -0.15) is 5.26 Å². The Morgan fingerprint density at radius 1 is 1.06 bits per heavy atom. The Morgan fingerprint density at radius 2 is 1.78 bits per heavy atom. The van der Waals surface area contributed by atoms with Crippen LogP contribution in [-0.4, -0.2) is 21.9 Å². The van der Waals surface area contributed by atoms with Crippen molar-refractivity contribution in [2.24, 2.45) is 0 Å². The van der Waals surface area contributed by atoms with Crippen molar-refractivity contribution in [2.45, 2.75) is 0 Å². The van der Waals surface area contributed by atoms with Gasteiger partial charge < -0.3 is 4.74 Å². The molecule has 1 fully saturated rings. The normalized spacial score (nSPS) is 14.8. The molecule has 1 aliphatic heterocycles. The molecule has 1 N–H and O–H groups in total. The third-order valence-corrected chi connectivity index (χ3v) is 5.00. The summed E-state index contributed by atoms with van der Waals surface area (Å²) in [5, 5.41) is 11.9. The van der Waals surface area contributed by atoms with Crippen LogP contribution in [0.4, 0.5) is 5.69 Å². The molecule has 4 rings (SSSR count). The molecule has 1 aromatic heterocycles. The molecule has 0 radical (unpaired) electrons. The van der Waals surface area contributed by atoms with E-state index in [1.807, 2.05) is 6.07 Å². The maximum atomic E-state index is 13.0. The van der Waals surface area contributed by atoms with Crippen molar-refractivity contribution in [2.75, 3.05) is 4.90 Å². The fourth-order valence-corrected chi connectivity index (χ4v) is 3.31. The van der Waals surface area contributed by atoms with Gasteiger partial charge in [-0.15, -0.1) is 0 Å². The smallest absolute Gasteiger partial charge is 0.270 e. The van der Waals surface area contributed by atoms with Crippen molar-refractivity contribution >= 4 is 52.5 Å². The van der Waals surface area contributed by atoms with Gasteiger partial charge in [0.1, 0.15) is 11.3 Å². The Kier molecular flexibility index (Phi) is 5.94. The average Bonchev–Trinajstić information content (AvgIpc) is 2.79. The molecule has 0 bridgehead atoms. The second-order valence-electron chi connectivity index (χ2n) is 6.60. The first-order valence-corrected chi connectivity index (χ1v) is 10.0. The predicted octanol–water partition coefficient (Wildman–Crippen LogP) is 4.23. The quantitative estimate of drug-likeness (QED) is 0.355. The summed E-state index contributed by atoms with van der Waals surface area (Å²) in [7, 11) is 0. The Labute approximate surface area is 193 Å². The van der Waals surface area contributed by atoms with E-state index >= 15 is 0 Å². The third kappa shape index (κ3) is 4.49. The van der Waals surface area contributed by atoms with Crippen molar-refractivity contribution in [3.63, 3.8) is 0 Å². The van der Waals surface area contributed by atoms with Crippen molar-refractivity contribution in [3.05, 3.63) is 88.6 Å². The van der Waals surface area contributed by atoms with Gasteiger partial charge in [0, 0.05) is 17.3 Å². The first-order valence-electron chi connectivity index (χ1n) is 9.26. The molecule has 7 nitrogen and oxygen atoms in total. The summed E-state index contributed by atoms with van der Waals surface area (Å²) in [5.74, 6) is -0.307. The highest BCUT2D eigenvalue weighted by Crippen LogP contribution is 2.24. The predicted molar refractivity (Wildman–Crippen MR) is 123 cm³/mol. The molecule has 1 saturated heterocycles. The van der Waals surface area contributed by atoms with Gasteiger partial charge in [0.15, 0.2) is 5.11 Å². The van der Waals surface area contributed by atoms with Crippen LogP contribution in [0.25, 0.3) is 6.08 Å². The molecule has 0 aliphatic carbocycles. The number of anilines is 1. The van der Waals surface area contributed by atoms with E-state index in [0.29, 0.717) is 33.5 Å². The van der Waals surface area contributed by atoms with Gasteiger partial charge in [-0.05, 0) is 78.5 Å². The number of halogens is 1. The van der Waals surface area contributed by atoms with Gasteiger partial charge in [0.25, 0.3) is 11.8 Å². The van der Waals surface area contributed by atoms with E-state index in [1.54, 1.807) is 60.7 Å². The lowest BCUT2D eigenvalue weighted by Crippen LogP contribution is -2.54. The van der Waals surface area contributed by atoms with Gasteiger partial charge in [-0.1, -0.05) is 11.6 Å². The van der Waals surface area contributed by atoms with E-state index in [4.69, 9.17) is 33.8 Å². The molecule has 0 spiro atoms. The molecule has 0 unspecified atom stereocenters. The zero-order valence-electron chi connectivity index (χ0n) is 16.3. The summed E-state index contributed by atoms with van der Waals surface area (Å²) in [6, 6.07) is 18.4.